The van der Waals surface area contributed by atoms with Crippen molar-refractivity contribution in [3.05, 3.63) is 48.0 Å². The third-order valence-corrected chi connectivity index (χ3v) is 6.90. The number of piperidine rings is 1. The van der Waals surface area contributed by atoms with Gasteiger partial charge in [0.2, 0.25) is 10.0 Å². The minimum atomic E-state index is -3.53. The number of benzene rings is 2. The molecule has 8 heteroatoms. The van der Waals surface area contributed by atoms with E-state index in [4.69, 9.17) is 9.47 Å². The monoisotopic (exact) mass is 418 g/mol. The Morgan fingerprint density at radius 3 is 2.24 bits per heavy atom. The average molecular weight is 419 g/mol. The maximum absolute atomic E-state index is 12.9. The highest BCUT2D eigenvalue weighted by Crippen LogP contribution is 2.29. The van der Waals surface area contributed by atoms with Crippen LogP contribution >= 0.6 is 0 Å². The van der Waals surface area contributed by atoms with Crippen LogP contribution in [0.4, 0.5) is 5.69 Å². The Bertz CT molecular complexity index is 951. The molecule has 1 atom stereocenters. The summed E-state index contributed by atoms with van der Waals surface area (Å²) in [5.41, 5.74) is 0.755. The van der Waals surface area contributed by atoms with Gasteiger partial charge in [-0.25, -0.2) is 8.42 Å². The molecule has 1 heterocycles. The lowest BCUT2D eigenvalue weighted by Crippen LogP contribution is -2.39. The molecule has 29 heavy (non-hydrogen) atoms. The Morgan fingerprint density at radius 2 is 1.69 bits per heavy atom. The highest BCUT2D eigenvalue weighted by Gasteiger charge is 2.28. The molecular formula is C21H26N2O5S. The Kier molecular flexibility index (Phi) is 6.44. The number of nitrogens with one attached hydrogen (secondary N) is 1. The van der Waals surface area contributed by atoms with Crippen molar-refractivity contribution in [2.45, 2.75) is 24.7 Å². The summed E-state index contributed by atoms with van der Waals surface area (Å²) >= 11 is 0. The SMILES string of the molecule is COc1cccc(OC)c1C(=O)Nc1ccc(S(=O)(=O)N2CCCC(C)C2)cc1. The molecule has 1 amide bonds. The number of carbonyl (C=O) groups excluding carboxylic acids is 1. The first-order valence-electron chi connectivity index (χ1n) is 9.49. The highest BCUT2D eigenvalue weighted by molar-refractivity contribution is 7.89. The second-order valence-electron chi connectivity index (χ2n) is 7.13. The zero-order valence-electron chi connectivity index (χ0n) is 16.8. The van der Waals surface area contributed by atoms with Gasteiger partial charge in [-0.1, -0.05) is 13.0 Å². The molecule has 1 aliphatic rings. The van der Waals surface area contributed by atoms with Crippen LogP contribution in [0.25, 0.3) is 0 Å². The van der Waals surface area contributed by atoms with E-state index in [9.17, 15) is 13.2 Å². The summed E-state index contributed by atoms with van der Waals surface area (Å²) in [6, 6.07) is 11.3. The Hall–Kier alpha value is -2.58. The lowest BCUT2D eigenvalue weighted by Gasteiger charge is -2.30. The van der Waals surface area contributed by atoms with Gasteiger partial charge in [-0.05, 0) is 55.2 Å². The van der Waals surface area contributed by atoms with Gasteiger partial charge in [-0.3, -0.25) is 4.79 Å². The Balaban J connectivity index is 1.79. The summed E-state index contributed by atoms with van der Waals surface area (Å²) < 4.78 is 37.8. The topological polar surface area (TPSA) is 84.9 Å². The van der Waals surface area contributed by atoms with Crippen LogP contribution in [0, 0.1) is 5.92 Å². The fourth-order valence-electron chi connectivity index (χ4n) is 3.49. The summed E-state index contributed by atoms with van der Waals surface area (Å²) in [5, 5.41) is 2.77. The van der Waals surface area contributed by atoms with Crippen LogP contribution in [0.2, 0.25) is 0 Å². The van der Waals surface area contributed by atoms with Crippen LogP contribution in [-0.2, 0) is 10.0 Å². The van der Waals surface area contributed by atoms with E-state index < -0.39 is 15.9 Å². The molecule has 156 valence electrons. The minimum absolute atomic E-state index is 0.222. The summed E-state index contributed by atoms with van der Waals surface area (Å²) in [7, 11) is -0.575. The zero-order valence-corrected chi connectivity index (χ0v) is 17.7. The van der Waals surface area contributed by atoms with Gasteiger partial charge in [0.05, 0.1) is 19.1 Å². The number of sulfonamides is 1. The third kappa shape index (κ3) is 4.54. The van der Waals surface area contributed by atoms with Crippen molar-refractivity contribution in [3.8, 4) is 11.5 Å². The molecule has 3 rings (SSSR count). The number of rotatable bonds is 6. The van der Waals surface area contributed by atoms with E-state index >= 15 is 0 Å². The molecule has 0 spiro atoms. The molecule has 1 unspecified atom stereocenters. The molecule has 2 aromatic carbocycles. The van der Waals surface area contributed by atoms with Gasteiger partial charge in [-0.2, -0.15) is 4.31 Å². The Labute approximate surface area is 171 Å². The van der Waals surface area contributed by atoms with Gasteiger partial charge in [-0.15, -0.1) is 0 Å². The Morgan fingerprint density at radius 1 is 1.07 bits per heavy atom. The summed E-state index contributed by atoms with van der Waals surface area (Å²) in [4.78, 5) is 13.0. The third-order valence-electron chi connectivity index (χ3n) is 5.02. The van der Waals surface area contributed by atoms with Gasteiger partial charge in [0.1, 0.15) is 17.1 Å². The number of anilines is 1. The minimum Gasteiger partial charge on any atom is -0.496 e. The normalized spacial score (nSPS) is 17.6. The van der Waals surface area contributed by atoms with E-state index in [1.54, 1.807) is 30.3 Å². The maximum Gasteiger partial charge on any atom is 0.263 e. The molecule has 0 aliphatic carbocycles. The van der Waals surface area contributed by atoms with Gasteiger partial charge in [0.25, 0.3) is 5.91 Å². The van der Waals surface area contributed by atoms with Crippen molar-refractivity contribution < 1.29 is 22.7 Å². The summed E-state index contributed by atoms with van der Waals surface area (Å²) in [6.45, 7) is 3.14. The zero-order chi connectivity index (χ0) is 21.0. The molecule has 0 radical (unpaired) electrons. The predicted octanol–water partition coefficient (Wildman–Crippen LogP) is 3.38. The number of amides is 1. The van der Waals surface area contributed by atoms with Crippen LogP contribution in [0.1, 0.15) is 30.1 Å². The molecule has 7 nitrogen and oxygen atoms in total. The van der Waals surface area contributed by atoms with Crippen LogP contribution in [0.15, 0.2) is 47.4 Å². The standard InChI is InChI=1S/C21H26N2O5S/c1-15-6-5-13-23(14-15)29(25,26)17-11-9-16(10-12-17)22-21(24)20-18(27-2)7-4-8-19(20)28-3/h4,7-12,15H,5-6,13-14H2,1-3H3,(H,22,24). The lowest BCUT2D eigenvalue weighted by molar-refractivity contribution is 0.102. The van der Waals surface area contributed by atoms with Crippen molar-refractivity contribution in [2.75, 3.05) is 32.6 Å². The van der Waals surface area contributed by atoms with Crippen molar-refractivity contribution in [1.29, 1.82) is 0 Å². The van der Waals surface area contributed by atoms with Crippen LogP contribution < -0.4 is 14.8 Å². The fraction of sp³-hybridized carbons (Fsp3) is 0.381. The molecule has 1 fully saturated rings. The molecule has 1 saturated heterocycles. The molecule has 1 N–H and O–H groups in total. The average Bonchev–Trinajstić information content (AvgIpc) is 2.73. The van der Waals surface area contributed by atoms with Gasteiger partial charge in [0.15, 0.2) is 0 Å². The van der Waals surface area contributed by atoms with E-state index in [1.807, 2.05) is 0 Å². The van der Waals surface area contributed by atoms with E-state index in [2.05, 4.69) is 12.2 Å². The van der Waals surface area contributed by atoms with Crippen LogP contribution in [0.3, 0.4) is 0 Å². The molecule has 1 aliphatic heterocycles. The number of hydrogen-bond donors (Lipinski definition) is 1. The first-order valence-corrected chi connectivity index (χ1v) is 10.9. The van der Waals surface area contributed by atoms with Gasteiger partial charge >= 0.3 is 0 Å². The number of nitrogens with zero attached hydrogens (tertiary/aromatic N) is 1. The molecule has 0 aromatic heterocycles. The largest absolute Gasteiger partial charge is 0.496 e. The first-order chi connectivity index (χ1) is 13.9. The highest BCUT2D eigenvalue weighted by atomic mass is 32.2. The van der Waals surface area contributed by atoms with E-state index in [0.717, 1.165) is 12.8 Å². The second-order valence-corrected chi connectivity index (χ2v) is 9.06. The van der Waals surface area contributed by atoms with E-state index in [-0.39, 0.29) is 10.5 Å². The van der Waals surface area contributed by atoms with E-state index in [0.29, 0.717) is 36.2 Å². The second kappa shape index (κ2) is 8.84. The quantitative estimate of drug-likeness (QED) is 0.777. The van der Waals surface area contributed by atoms with Crippen molar-refractivity contribution >= 4 is 21.6 Å². The number of methoxy groups -OCH3 is 2. The molecular weight excluding hydrogens is 392 g/mol. The maximum atomic E-state index is 12.9. The molecule has 0 saturated carbocycles. The van der Waals surface area contributed by atoms with Crippen LogP contribution in [-0.4, -0.2) is 45.9 Å². The number of hydrogen-bond acceptors (Lipinski definition) is 5. The molecule has 0 bridgehead atoms. The fourth-order valence-corrected chi connectivity index (χ4v) is 5.09. The van der Waals surface area contributed by atoms with Crippen molar-refractivity contribution in [2.24, 2.45) is 5.92 Å². The van der Waals surface area contributed by atoms with Gasteiger partial charge in [0, 0.05) is 18.8 Å². The smallest absolute Gasteiger partial charge is 0.263 e. The number of ether oxygens (including phenoxy) is 2. The van der Waals surface area contributed by atoms with Crippen molar-refractivity contribution in [1.82, 2.24) is 4.31 Å². The first kappa shape index (κ1) is 21.1. The molecule has 2 aromatic rings. The van der Waals surface area contributed by atoms with Crippen LogP contribution in [0.5, 0.6) is 11.5 Å². The van der Waals surface area contributed by atoms with Crippen molar-refractivity contribution in [3.63, 3.8) is 0 Å². The predicted molar refractivity (Wildman–Crippen MR) is 111 cm³/mol. The van der Waals surface area contributed by atoms with Gasteiger partial charge < -0.3 is 14.8 Å². The van der Waals surface area contributed by atoms with E-state index in [1.165, 1.54) is 30.7 Å². The summed E-state index contributed by atoms with van der Waals surface area (Å²) in [6.07, 6.45) is 1.92. The lowest BCUT2D eigenvalue weighted by atomic mass is 10.0. The summed E-state index contributed by atoms with van der Waals surface area (Å²) in [5.74, 6) is 0.730. The number of carbonyl (C=O) groups is 1.